The molecule has 150 valence electrons. The van der Waals surface area contributed by atoms with Gasteiger partial charge in [0.2, 0.25) is 5.91 Å². The van der Waals surface area contributed by atoms with Gasteiger partial charge in [0.05, 0.1) is 13.0 Å². The highest BCUT2D eigenvalue weighted by molar-refractivity contribution is 7.80. The Morgan fingerprint density at radius 1 is 1.25 bits per heavy atom. The molecule has 1 aliphatic heterocycles. The maximum atomic E-state index is 13.1. The van der Waals surface area contributed by atoms with E-state index in [9.17, 15) is 9.59 Å². The molecule has 1 aliphatic rings. The molecular formula is C21H26N2O4S. The highest BCUT2D eigenvalue weighted by atomic mass is 32.1. The fraction of sp³-hybridized carbons (Fsp3) is 0.429. The standard InChI is InChI=1S/C21H26N2O4S/c1-14(15-5-6-17-13-18(26-2)8-7-16(17)12-15)20(24)23-10-3-4-19(23)27-21(25)22-9-11-28/h5-8,12-14,19,28H,3-4,9-11H2,1-2H3,(H,22,25). The summed E-state index contributed by atoms with van der Waals surface area (Å²) < 4.78 is 10.7. The molecule has 6 nitrogen and oxygen atoms in total. The van der Waals surface area contributed by atoms with E-state index in [1.807, 2.05) is 43.3 Å². The monoisotopic (exact) mass is 402 g/mol. The Morgan fingerprint density at radius 2 is 2.00 bits per heavy atom. The van der Waals surface area contributed by atoms with Gasteiger partial charge in [0.15, 0.2) is 6.23 Å². The van der Waals surface area contributed by atoms with Crippen molar-refractivity contribution in [3.8, 4) is 5.75 Å². The number of likely N-dealkylation sites (tertiary alicyclic amines) is 1. The zero-order valence-electron chi connectivity index (χ0n) is 16.2. The van der Waals surface area contributed by atoms with Crippen molar-refractivity contribution in [1.29, 1.82) is 0 Å². The lowest BCUT2D eigenvalue weighted by Crippen LogP contribution is -2.42. The minimum atomic E-state index is -0.514. The number of nitrogens with zero attached hydrogens (tertiary/aromatic N) is 1. The topological polar surface area (TPSA) is 67.9 Å². The lowest BCUT2D eigenvalue weighted by Gasteiger charge is -2.27. The molecule has 2 amide bonds. The number of carbonyl (C=O) groups is 2. The van der Waals surface area contributed by atoms with E-state index < -0.39 is 12.3 Å². The van der Waals surface area contributed by atoms with Crippen LogP contribution in [0.3, 0.4) is 0 Å². The van der Waals surface area contributed by atoms with Crippen LogP contribution in [0, 0.1) is 0 Å². The van der Waals surface area contributed by atoms with Gasteiger partial charge in [-0.3, -0.25) is 4.79 Å². The van der Waals surface area contributed by atoms with Crippen LogP contribution < -0.4 is 10.1 Å². The molecular weight excluding hydrogens is 376 g/mol. The Kier molecular flexibility index (Phi) is 6.67. The number of thiol groups is 1. The minimum Gasteiger partial charge on any atom is -0.497 e. The Morgan fingerprint density at radius 3 is 2.75 bits per heavy atom. The van der Waals surface area contributed by atoms with Crippen LogP contribution in [0.25, 0.3) is 10.8 Å². The van der Waals surface area contributed by atoms with Crippen molar-refractivity contribution >= 4 is 35.4 Å². The second-order valence-electron chi connectivity index (χ2n) is 6.88. The number of carbonyl (C=O) groups excluding carboxylic acids is 2. The first-order valence-electron chi connectivity index (χ1n) is 9.47. The normalized spacial score (nSPS) is 17.4. The van der Waals surface area contributed by atoms with E-state index in [1.165, 1.54) is 0 Å². The average molecular weight is 403 g/mol. The smallest absolute Gasteiger partial charge is 0.409 e. The summed E-state index contributed by atoms with van der Waals surface area (Å²) in [6.07, 6.45) is 0.454. The molecule has 7 heteroatoms. The predicted molar refractivity (Wildman–Crippen MR) is 112 cm³/mol. The van der Waals surface area contributed by atoms with Gasteiger partial charge in [-0.05, 0) is 41.8 Å². The molecule has 1 N–H and O–H groups in total. The highest BCUT2D eigenvalue weighted by Crippen LogP contribution is 2.28. The maximum absolute atomic E-state index is 13.1. The lowest BCUT2D eigenvalue weighted by molar-refractivity contribution is -0.139. The number of benzene rings is 2. The summed E-state index contributed by atoms with van der Waals surface area (Å²) in [6.45, 7) is 2.92. The van der Waals surface area contributed by atoms with Gasteiger partial charge in [0, 0.05) is 25.3 Å². The first-order valence-corrected chi connectivity index (χ1v) is 10.1. The van der Waals surface area contributed by atoms with Crippen LogP contribution >= 0.6 is 12.6 Å². The number of hydrogen-bond acceptors (Lipinski definition) is 5. The number of rotatable bonds is 6. The van der Waals surface area contributed by atoms with Gasteiger partial charge in [0.25, 0.3) is 0 Å². The molecule has 2 aromatic rings. The first kappa shape index (κ1) is 20.3. The number of fused-ring (bicyclic) bond motifs is 1. The largest absolute Gasteiger partial charge is 0.497 e. The molecule has 3 rings (SSSR count). The van der Waals surface area contributed by atoms with Gasteiger partial charge in [-0.2, -0.15) is 12.6 Å². The summed E-state index contributed by atoms with van der Waals surface area (Å²) in [5.41, 5.74) is 0.938. The van der Waals surface area contributed by atoms with Crippen LogP contribution in [0.5, 0.6) is 5.75 Å². The fourth-order valence-corrected chi connectivity index (χ4v) is 3.58. The van der Waals surface area contributed by atoms with E-state index >= 15 is 0 Å². The third kappa shape index (κ3) is 4.52. The van der Waals surface area contributed by atoms with Crippen LogP contribution in [-0.4, -0.2) is 49.1 Å². The fourth-order valence-electron chi connectivity index (χ4n) is 3.46. The summed E-state index contributed by atoms with van der Waals surface area (Å²) in [7, 11) is 1.64. The van der Waals surface area contributed by atoms with Gasteiger partial charge < -0.3 is 19.7 Å². The molecule has 2 atom stereocenters. The molecule has 2 aromatic carbocycles. The Hall–Kier alpha value is -2.41. The third-order valence-corrected chi connectivity index (χ3v) is 5.27. The quantitative estimate of drug-likeness (QED) is 0.725. The first-order chi connectivity index (χ1) is 13.5. The average Bonchev–Trinajstić information content (AvgIpc) is 3.18. The summed E-state index contributed by atoms with van der Waals surface area (Å²) >= 11 is 4.06. The Balaban J connectivity index is 1.72. The number of alkyl carbamates (subject to hydrolysis) is 1. The number of ether oxygens (including phenoxy) is 2. The van der Waals surface area contributed by atoms with Gasteiger partial charge in [0.1, 0.15) is 5.75 Å². The summed E-state index contributed by atoms with van der Waals surface area (Å²) in [4.78, 5) is 26.6. The van der Waals surface area contributed by atoms with E-state index in [-0.39, 0.29) is 11.8 Å². The molecule has 1 fully saturated rings. The Labute approximate surface area is 170 Å². The van der Waals surface area contributed by atoms with Crippen molar-refractivity contribution < 1.29 is 19.1 Å². The molecule has 0 aliphatic carbocycles. The number of amides is 2. The van der Waals surface area contributed by atoms with Gasteiger partial charge in [-0.15, -0.1) is 0 Å². The lowest BCUT2D eigenvalue weighted by atomic mass is 9.96. The van der Waals surface area contributed by atoms with Crippen molar-refractivity contribution in [1.82, 2.24) is 10.2 Å². The van der Waals surface area contributed by atoms with Crippen LogP contribution in [0.4, 0.5) is 4.79 Å². The van der Waals surface area contributed by atoms with Crippen LogP contribution in [0.1, 0.15) is 31.2 Å². The molecule has 28 heavy (non-hydrogen) atoms. The molecule has 0 aromatic heterocycles. The molecule has 1 heterocycles. The van der Waals surface area contributed by atoms with Crippen LogP contribution in [0.15, 0.2) is 36.4 Å². The molecule has 1 saturated heterocycles. The third-order valence-electron chi connectivity index (χ3n) is 5.05. The second-order valence-corrected chi connectivity index (χ2v) is 7.33. The number of hydrogen-bond donors (Lipinski definition) is 2. The predicted octanol–water partition coefficient (Wildman–Crippen LogP) is 3.56. The molecule has 0 saturated carbocycles. The highest BCUT2D eigenvalue weighted by Gasteiger charge is 2.34. The van der Waals surface area contributed by atoms with Crippen molar-refractivity contribution in [3.05, 3.63) is 42.0 Å². The number of methoxy groups -OCH3 is 1. The summed E-state index contributed by atoms with van der Waals surface area (Å²) in [5, 5.41) is 4.74. The maximum Gasteiger partial charge on any atom is 0.409 e. The van der Waals surface area contributed by atoms with E-state index in [2.05, 4.69) is 17.9 Å². The minimum absolute atomic E-state index is 0.0302. The van der Waals surface area contributed by atoms with E-state index in [0.29, 0.717) is 25.3 Å². The van der Waals surface area contributed by atoms with E-state index in [0.717, 1.165) is 28.5 Å². The Bertz CT molecular complexity index is 857. The molecule has 2 unspecified atom stereocenters. The molecule has 0 spiro atoms. The van der Waals surface area contributed by atoms with Crippen LogP contribution in [-0.2, 0) is 9.53 Å². The summed E-state index contributed by atoms with van der Waals surface area (Å²) in [6, 6.07) is 11.9. The zero-order valence-corrected chi connectivity index (χ0v) is 17.1. The van der Waals surface area contributed by atoms with Gasteiger partial charge in [-0.25, -0.2) is 4.79 Å². The van der Waals surface area contributed by atoms with Gasteiger partial charge >= 0.3 is 6.09 Å². The van der Waals surface area contributed by atoms with Gasteiger partial charge in [-0.1, -0.05) is 24.3 Å². The molecule has 0 bridgehead atoms. The SMILES string of the molecule is COc1ccc2cc(C(C)C(=O)N3CCCC3OC(=O)NCCS)ccc2c1. The van der Waals surface area contributed by atoms with Crippen LogP contribution in [0.2, 0.25) is 0 Å². The van der Waals surface area contributed by atoms with Crippen molar-refractivity contribution in [2.24, 2.45) is 0 Å². The van der Waals surface area contributed by atoms with E-state index in [4.69, 9.17) is 9.47 Å². The van der Waals surface area contributed by atoms with Crippen molar-refractivity contribution in [2.45, 2.75) is 31.9 Å². The van der Waals surface area contributed by atoms with Crippen molar-refractivity contribution in [3.63, 3.8) is 0 Å². The second kappa shape index (κ2) is 9.19. The number of nitrogens with one attached hydrogen (secondary N) is 1. The van der Waals surface area contributed by atoms with E-state index in [1.54, 1.807) is 12.0 Å². The molecule has 0 radical (unpaired) electrons. The zero-order chi connectivity index (χ0) is 20.1. The van der Waals surface area contributed by atoms with Crippen molar-refractivity contribution in [2.75, 3.05) is 26.0 Å². The summed E-state index contributed by atoms with van der Waals surface area (Å²) in [5.74, 6) is 0.985.